The minimum atomic E-state index is -0.579. The van der Waals surface area contributed by atoms with Crippen LogP contribution in [0.4, 0.5) is 10.5 Å². The van der Waals surface area contributed by atoms with Crippen molar-refractivity contribution in [2.24, 2.45) is 5.92 Å². The van der Waals surface area contributed by atoms with Crippen molar-refractivity contribution in [2.45, 2.75) is 71.6 Å². The summed E-state index contributed by atoms with van der Waals surface area (Å²) >= 11 is 0. The molecule has 8 nitrogen and oxygen atoms in total. The molecule has 184 valence electrons. The van der Waals surface area contributed by atoms with E-state index in [0.29, 0.717) is 17.8 Å². The van der Waals surface area contributed by atoms with Crippen LogP contribution >= 0.6 is 0 Å². The van der Waals surface area contributed by atoms with E-state index in [-0.39, 0.29) is 23.6 Å². The van der Waals surface area contributed by atoms with Gasteiger partial charge < -0.3 is 24.3 Å². The number of pyridine rings is 1. The lowest BCUT2D eigenvalue weighted by molar-refractivity contribution is 0.0503. The zero-order valence-corrected chi connectivity index (χ0v) is 20.6. The lowest BCUT2D eigenvalue weighted by Gasteiger charge is -2.27. The van der Waals surface area contributed by atoms with Crippen molar-refractivity contribution in [1.82, 2.24) is 9.88 Å². The van der Waals surface area contributed by atoms with E-state index in [1.165, 1.54) is 19.3 Å². The number of hydrogen-bond acceptors (Lipinski definition) is 6. The zero-order valence-electron chi connectivity index (χ0n) is 20.6. The normalized spacial score (nSPS) is 18.6. The summed E-state index contributed by atoms with van der Waals surface area (Å²) in [6.07, 6.45) is 5.59. The number of nitrogens with one attached hydrogen (secondary N) is 1. The van der Waals surface area contributed by atoms with E-state index in [9.17, 15) is 14.4 Å². The van der Waals surface area contributed by atoms with E-state index in [4.69, 9.17) is 9.47 Å². The lowest BCUT2D eigenvalue weighted by Crippen LogP contribution is -2.40. The van der Waals surface area contributed by atoms with Crippen molar-refractivity contribution in [1.29, 1.82) is 0 Å². The van der Waals surface area contributed by atoms with Crippen LogP contribution in [0.5, 0.6) is 0 Å². The molecule has 1 atom stereocenters. The van der Waals surface area contributed by atoms with Crippen molar-refractivity contribution in [3.05, 3.63) is 40.2 Å². The fourth-order valence-electron chi connectivity index (χ4n) is 4.63. The molecule has 1 aliphatic carbocycles. The van der Waals surface area contributed by atoms with Gasteiger partial charge in [0.05, 0.1) is 18.2 Å². The fourth-order valence-corrected chi connectivity index (χ4v) is 4.63. The van der Waals surface area contributed by atoms with Crippen LogP contribution in [0.25, 0.3) is 10.9 Å². The maximum absolute atomic E-state index is 13.3. The number of carbonyl (C=O) groups is 2. The van der Waals surface area contributed by atoms with E-state index in [1.807, 2.05) is 43.5 Å². The number of fused-ring (bicyclic) bond motifs is 1. The molecule has 1 aliphatic heterocycles. The molecule has 4 rings (SSSR count). The maximum atomic E-state index is 13.3. The van der Waals surface area contributed by atoms with Gasteiger partial charge in [0, 0.05) is 36.9 Å². The molecule has 8 heteroatoms. The van der Waals surface area contributed by atoms with Crippen LogP contribution in [0, 0.1) is 5.92 Å². The number of nitrogens with zero attached hydrogens (tertiary/aromatic N) is 2. The first kappa shape index (κ1) is 24.1. The van der Waals surface area contributed by atoms with E-state index >= 15 is 0 Å². The largest absolute Gasteiger partial charge is 0.462 e. The third kappa shape index (κ3) is 5.37. The van der Waals surface area contributed by atoms with Gasteiger partial charge in [-0.3, -0.25) is 4.79 Å². The molecular weight excluding hydrogens is 434 g/mol. The Morgan fingerprint density at radius 1 is 1.18 bits per heavy atom. The number of carbonyl (C=O) groups excluding carboxylic acids is 2. The second kappa shape index (κ2) is 9.68. The molecule has 34 heavy (non-hydrogen) atoms. The SMILES string of the molecule is CCOC(=O)c1cn(CC2CCC2)c2ccc(N3CCC(NC(=O)OC(C)(C)C)C3)cc2c1=O. The van der Waals surface area contributed by atoms with Crippen LogP contribution in [-0.4, -0.2) is 48.0 Å². The minimum absolute atomic E-state index is 0.0355. The Hall–Kier alpha value is -3.03. The molecule has 2 fully saturated rings. The van der Waals surface area contributed by atoms with Crippen LogP contribution in [0.1, 0.15) is 63.7 Å². The Morgan fingerprint density at radius 3 is 2.59 bits per heavy atom. The first-order valence-corrected chi connectivity index (χ1v) is 12.2. The van der Waals surface area contributed by atoms with Crippen LogP contribution < -0.4 is 15.6 Å². The molecule has 1 N–H and O–H groups in total. The highest BCUT2D eigenvalue weighted by Gasteiger charge is 2.27. The number of amides is 1. The van der Waals surface area contributed by atoms with E-state index < -0.39 is 17.7 Å². The van der Waals surface area contributed by atoms with Crippen molar-refractivity contribution < 1.29 is 19.1 Å². The number of rotatable bonds is 6. The summed E-state index contributed by atoms with van der Waals surface area (Å²) in [7, 11) is 0. The Kier molecular flexibility index (Phi) is 6.86. The van der Waals surface area contributed by atoms with Gasteiger partial charge in [-0.2, -0.15) is 0 Å². The van der Waals surface area contributed by atoms with E-state index in [2.05, 4.69) is 10.2 Å². The van der Waals surface area contributed by atoms with Crippen LogP contribution in [0.3, 0.4) is 0 Å². The number of ether oxygens (including phenoxy) is 2. The summed E-state index contributed by atoms with van der Waals surface area (Å²) in [6.45, 7) is 9.63. The molecule has 1 aromatic carbocycles. The van der Waals surface area contributed by atoms with Gasteiger partial charge in [-0.15, -0.1) is 0 Å². The molecule has 1 saturated heterocycles. The van der Waals surface area contributed by atoms with Gasteiger partial charge in [0.15, 0.2) is 0 Å². The average Bonchev–Trinajstić information content (AvgIpc) is 3.18. The number of hydrogen-bond donors (Lipinski definition) is 1. The van der Waals surface area contributed by atoms with E-state index in [1.54, 1.807) is 13.1 Å². The molecule has 1 aromatic heterocycles. The Balaban J connectivity index is 1.60. The summed E-state index contributed by atoms with van der Waals surface area (Å²) in [6, 6.07) is 5.81. The minimum Gasteiger partial charge on any atom is -0.462 e. The number of esters is 1. The van der Waals surface area contributed by atoms with E-state index in [0.717, 1.165) is 30.7 Å². The molecule has 1 unspecified atom stereocenters. The third-order valence-corrected chi connectivity index (χ3v) is 6.51. The van der Waals surface area contributed by atoms with Crippen LogP contribution in [-0.2, 0) is 16.0 Å². The second-order valence-corrected chi connectivity index (χ2v) is 10.3. The van der Waals surface area contributed by atoms with Gasteiger partial charge in [0.25, 0.3) is 0 Å². The summed E-state index contributed by atoms with van der Waals surface area (Å²) in [5.74, 6) is -0.0105. The maximum Gasteiger partial charge on any atom is 0.407 e. The topological polar surface area (TPSA) is 89.9 Å². The quantitative estimate of drug-likeness (QED) is 0.641. The highest BCUT2D eigenvalue weighted by atomic mass is 16.6. The number of benzene rings is 1. The Bertz CT molecular complexity index is 1130. The first-order valence-electron chi connectivity index (χ1n) is 12.2. The van der Waals surface area contributed by atoms with Crippen molar-refractivity contribution in [3.63, 3.8) is 0 Å². The number of alkyl carbamates (subject to hydrolysis) is 1. The van der Waals surface area contributed by atoms with Crippen molar-refractivity contribution in [2.75, 3.05) is 24.6 Å². The number of aromatic nitrogens is 1. The third-order valence-electron chi connectivity index (χ3n) is 6.51. The first-order chi connectivity index (χ1) is 16.1. The number of anilines is 1. The van der Waals surface area contributed by atoms with Gasteiger partial charge in [-0.25, -0.2) is 9.59 Å². The standard InChI is InChI=1S/C26H35N3O5/c1-5-33-24(31)21-16-29(14-17-7-6-8-17)22-10-9-19(13-20(22)23(21)30)28-12-11-18(15-28)27-25(32)34-26(2,3)4/h9-10,13,16-18H,5-8,11-12,14-15H2,1-4H3,(H,27,32). The van der Waals surface area contributed by atoms with Crippen LogP contribution in [0.15, 0.2) is 29.2 Å². The molecule has 2 aliphatic rings. The molecule has 0 radical (unpaired) electrons. The zero-order chi connectivity index (χ0) is 24.5. The Labute approximate surface area is 200 Å². The molecule has 2 heterocycles. The van der Waals surface area contributed by atoms with Gasteiger partial charge >= 0.3 is 12.1 Å². The van der Waals surface area contributed by atoms with Gasteiger partial charge in [-0.1, -0.05) is 6.42 Å². The summed E-state index contributed by atoms with van der Waals surface area (Å²) < 4.78 is 12.6. The monoisotopic (exact) mass is 469 g/mol. The van der Waals surface area contributed by atoms with Gasteiger partial charge in [0.2, 0.25) is 5.43 Å². The molecule has 0 spiro atoms. The van der Waals surface area contributed by atoms with Crippen LogP contribution in [0.2, 0.25) is 0 Å². The highest BCUT2D eigenvalue weighted by Crippen LogP contribution is 2.30. The van der Waals surface area contributed by atoms with Crippen molar-refractivity contribution in [3.8, 4) is 0 Å². The summed E-state index contributed by atoms with van der Waals surface area (Å²) in [5, 5.41) is 3.45. The second-order valence-electron chi connectivity index (χ2n) is 10.3. The average molecular weight is 470 g/mol. The fraction of sp³-hybridized carbons (Fsp3) is 0.577. The molecule has 1 amide bonds. The molecule has 0 bridgehead atoms. The lowest BCUT2D eigenvalue weighted by atomic mass is 9.85. The summed E-state index contributed by atoms with van der Waals surface area (Å²) in [4.78, 5) is 40.1. The van der Waals surface area contributed by atoms with Gasteiger partial charge in [-0.05, 0) is 71.1 Å². The predicted octanol–water partition coefficient (Wildman–Crippen LogP) is 4.08. The molecular formula is C26H35N3O5. The highest BCUT2D eigenvalue weighted by molar-refractivity contribution is 5.94. The van der Waals surface area contributed by atoms with Gasteiger partial charge in [0.1, 0.15) is 11.2 Å². The molecule has 1 saturated carbocycles. The van der Waals surface area contributed by atoms with Crippen molar-refractivity contribution >= 4 is 28.7 Å². The molecule has 2 aromatic rings. The summed E-state index contributed by atoms with van der Waals surface area (Å²) in [5.41, 5.74) is 0.960. The Morgan fingerprint density at radius 2 is 1.94 bits per heavy atom. The predicted molar refractivity (Wildman–Crippen MR) is 131 cm³/mol. The smallest absolute Gasteiger partial charge is 0.407 e.